The predicted octanol–water partition coefficient (Wildman–Crippen LogP) is 1.11. The Morgan fingerprint density at radius 2 is 1.78 bits per heavy atom. The predicted molar refractivity (Wildman–Crippen MR) is 87.9 cm³/mol. The van der Waals surface area contributed by atoms with E-state index in [0.29, 0.717) is 11.3 Å². The molecule has 0 saturated carbocycles. The fourth-order valence-corrected chi connectivity index (χ4v) is 2.29. The highest BCUT2D eigenvalue weighted by Crippen LogP contribution is 2.21. The molecule has 7 nitrogen and oxygen atoms in total. The van der Waals surface area contributed by atoms with E-state index < -0.39 is 16.0 Å². The summed E-state index contributed by atoms with van der Waals surface area (Å²) in [5, 5.41) is 0. The molecular formula is C15H22N2O5S. The van der Waals surface area contributed by atoms with Crippen molar-refractivity contribution >= 4 is 27.6 Å². The molecule has 8 heteroatoms. The molecule has 0 aliphatic rings. The second kappa shape index (κ2) is 8.07. The SMILES string of the molecule is CCOC(=O)c1ccccc1N(C)C(=O)CCN(C)S(C)(=O)=O. The van der Waals surface area contributed by atoms with Crippen LogP contribution in [0.5, 0.6) is 0 Å². The molecule has 0 aliphatic carbocycles. The van der Waals surface area contributed by atoms with E-state index in [9.17, 15) is 18.0 Å². The van der Waals surface area contributed by atoms with E-state index in [-0.39, 0.29) is 25.5 Å². The zero-order valence-electron chi connectivity index (χ0n) is 13.8. The molecule has 0 saturated heterocycles. The molecule has 0 fully saturated rings. The molecule has 0 heterocycles. The van der Waals surface area contributed by atoms with E-state index in [1.165, 1.54) is 11.9 Å². The zero-order valence-corrected chi connectivity index (χ0v) is 14.6. The first kappa shape index (κ1) is 19.1. The van der Waals surface area contributed by atoms with Gasteiger partial charge in [0.1, 0.15) is 0 Å². The van der Waals surface area contributed by atoms with E-state index >= 15 is 0 Å². The fourth-order valence-electron chi connectivity index (χ4n) is 1.87. The first-order chi connectivity index (χ1) is 10.7. The first-order valence-electron chi connectivity index (χ1n) is 7.12. The van der Waals surface area contributed by atoms with Crippen LogP contribution in [-0.2, 0) is 19.6 Å². The van der Waals surface area contributed by atoms with Gasteiger partial charge in [0.15, 0.2) is 0 Å². The average Bonchev–Trinajstić information content (AvgIpc) is 2.50. The molecule has 0 bridgehead atoms. The summed E-state index contributed by atoms with van der Waals surface area (Å²) >= 11 is 0. The topological polar surface area (TPSA) is 84.0 Å². The van der Waals surface area contributed by atoms with Crippen molar-refractivity contribution in [3.05, 3.63) is 29.8 Å². The normalized spacial score (nSPS) is 11.3. The van der Waals surface area contributed by atoms with Gasteiger partial charge in [-0.15, -0.1) is 0 Å². The highest BCUT2D eigenvalue weighted by Gasteiger charge is 2.20. The number of amides is 1. The van der Waals surface area contributed by atoms with Crippen LogP contribution < -0.4 is 4.90 Å². The molecular weight excluding hydrogens is 320 g/mol. The van der Waals surface area contributed by atoms with Crippen LogP contribution in [0.2, 0.25) is 0 Å². The molecule has 23 heavy (non-hydrogen) atoms. The van der Waals surface area contributed by atoms with E-state index in [1.54, 1.807) is 38.2 Å². The van der Waals surface area contributed by atoms with Gasteiger partial charge in [0.2, 0.25) is 15.9 Å². The quantitative estimate of drug-likeness (QED) is 0.693. The lowest BCUT2D eigenvalue weighted by Gasteiger charge is -2.21. The van der Waals surface area contributed by atoms with Crippen LogP contribution >= 0.6 is 0 Å². The Bertz CT molecular complexity index is 672. The largest absolute Gasteiger partial charge is 0.462 e. The van der Waals surface area contributed by atoms with Gasteiger partial charge in [-0.25, -0.2) is 17.5 Å². The van der Waals surface area contributed by atoms with Gasteiger partial charge >= 0.3 is 5.97 Å². The lowest BCUT2D eigenvalue weighted by atomic mass is 10.1. The summed E-state index contributed by atoms with van der Waals surface area (Å²) in [4.78, 5) is 25.5. The first-order valence-corrected chi connectivity index (χ1v) is 8.97. The molecule has 0 radical (unpaired) electrons. The van der Waals surface area contributed by atoms with Crippen molar-refractivity contribution in [2.75, 3.05) is 38.4 Å². The smallest absolute Gasteiger partial charge is 0.340 e. The third kappa shape index (κ3) is 5.33. The Kier molecular flexibility index (Phi) is 6.71. The lowest BCUT2D eigenvalue weighted by molar-refractivity contribution is -0.118. The van der Waals surface area contributed by atoms with Crippen molar-refractivity contribution in [2.45, 2.75) is 13.3 Å². The average molecular weight is 342 g/mol. The summed E-state index contributed by atoms with van der Waals surface area (Å²) in [5.41, 5.74) is 0.722. The molecule has 0 unspecified atom stereocenters. The third-order valence-electron chi connectivity index (χ3n) is 3.34. The van der Waals surface area contributed by atoms with Crippen molar-refractivity contribution in [3.63, 3.8) is 0 Å². The minimum Gasteiger partial charge on any atom is -0.462 e. The summed E-state index contributed by atoms with van der Waals surface area (Å²) in [6.45, 7) is 2.02. The van der Waals surface area contributed by atoms with Crippen molar-refractivity contribution in [2.24, 2.45) is 0 Å². The zero-order chi connectivity index (χ0) is 17.6. The molecule has 0 aromatic heterocycles. The van der Waals surface area contributed by atoms with Gasteiger partial charge in [-0.05, 0) is 19.1 Å². The fraction of sp³-hybridized carbons (Fsp3) is 0.467. The van der Waals surface area contributed by atoms with Crippen molar-refractivity contribution < 1.29 is 22.7 Å². The monoisotopic (exact) mass is 342 g/mol. The summed E-state index contributed by atoms with van der Waals surface area (Å²) in [6.07, 6.45) is 1.09. The van der Waals surface area contributed by atoms with Gasteiger partial charge in [-0.2, -0.15) is 0 Å². The number of carbonyl (C=O) groups is 2. The maximum absolute atomic E-state index is 12.3. The van der Waals surface area contributed by atoms with Gasteiger partial charge in [-0.3, -0.25) is 4.79 Å². The van der Waals surface area contributed by atoms with E-state index in [4.69, 9.17) is 4.74 Å². The molecule has 0 atom stereocenters. The Hall–Kier alpha value is -1.93. The summed E-state index contributed by atoms with van der Waals surface area (Å²) in [5.74, 6) is -0.798. The maximum Gasteiger partial charge on any atom is 0.340 e. The number of carbonyl (C=O) groups excluding carboxylic acids is 2. The van der Waals surface area contributed by atoms with Gasteiger partial charge in [0.05, 0.1) is 24.1 Å². The van der Waals surface area contributed by atoms with E-state index in [2.05, 4.69) is 0 Å². The summed E-state index contributed by atoms with van der Waals surface area (Å²) < 4.78 is 28.8. The number of anilines is 1. The van der Waals surface area contributed by atoms with Crippen molar-refractivity contribution in [1.82, 2.24) is 4.31 Å². The molecule has 1 amide bonds. The van der Waals surface area contributed by atoms with Gasteiger partial charge < -0.3 is 9.64 Å². The van der Waals surface area contributed by atoms with Crippen molar-refractivity contribution in [3.8, 4) is 0 Å². The van der Waals surface area contributed by atoms with Crippen LogP contribution in [0.25, 0.3) is 0 Å². The lowest BCUT2D eigenvalue weighted by Crippen LogP contribution is -2.33. The van der Waals surface area contributed by atoms with Crippen LogP contribution in [0.4, 0.5) is 5.69 Å². The van der Waals surface area contributed by atoms with E-state index in [0.717, 1.165) is 10.6 Å². The number of para-hydroxylation sites is 1. The second-order valence-corrected chi connectivity index (χ2v) is 7.11. The third-order valence-corrected chi connectivity index (χ3v) is 4.66. The van der Waals surface area contributed by atoms with Crippen LogP contribution in [0.15, 0.2) is 24.3 Å². The summed E-state index contributed by atoms with van der Waals surface area (Å²) in [6, 6.07) is 6.63. The van der Waals surface area contributed by atoms with Crippen LogP contribution in [-0.4, -0.2) is 58.1 Å². The number of nitrogens with zero attached hydrogens (tertiary/aromatic N) is 2. The van der Waals surface area contributed by atoms with Crippen LogP contribution in [0.1, 0.15) is 23.7 Å². The molecule has 1 rings (SSSR count). The second-order valence-electron chi connectivity index (χ2n) is 5.02. The number of esters is 1. The van der Waals surface area contributed by atoms with Gasteiger partial charge in [0.25, 0.3) is 0 Å². The molecule has 1 aromatic carbocycles. The standard InChI is InChI=1S/C15H22N2O5S/c1-5-22-15(19)12-8-6-7-9-13(12)17(3)14(18)10-11-16(2)23(4,20)21/h6-9H,5,10-11H2,1-4H3. The number of sulfonamides is 1. The Morgan fingerprint density at radius 3 is 2.35 bits per heavy atom. The van der Waals surface area contributed by atoms with Gasteiger partial charge in [0, 0.05) is 27.1 Å². The maximum atomic E-state index is 12.3. The molecule has 128 valence electrons. The Balaban J connectivity index is 2.87. The van der Waals surface area contributed by atoms with Crippen LogP contribution in [0, 0.1) is 0 Å². The van der Waals surface area contributed by atoms with E-state index in [1.807, 2.05) is 0 Å². The summed E-state index contributed by atoms with van der Waals surface area (Å²) in [7, 11) is -0.375. The highest BCUT2D eigenvalue weighted by atomic mass is 32.2. The van der Waals surface area contributed by atoms with Gasteiger partial charge in [-0.1, -0.05) is 12.1 Å². The minimum absolute atomic E-state index is 0.0111. The van der Waals surface area contributed by atoms with Crippen LogP contribution in [0.3, 0.4) is 0 Å². The number of hydrogen-bond donors (Lipinski definition) is 0. The number of benzene rings is 1. The number of rotatable bonds is 7. The number of hydrogen-bond acceptors (Lipinski definition) is 5. The molecule has 1 aromatic rings. The highest BCUT2D eigenvalue weighted by molar-refractivity contribution is 7.88. The molecule has 0 spiro atoms. The molecule has 0 N–H and O–H groups in total. The minimum atomic E-state index is -3.33. The number of ether oxygens (including phenoxy) is 1. The Labute approximate surface area is 136 Å². The molecule has 0 aliphatic heterocycles. The van der Waals surface area contributed by atoms with Crippen molar-refractivity contribution in [1.29, 1.82) is 0 Å². The Morgan fingerprint density at radius 1 is 1.17 bits per heavy atom.